The van der Waals surface area contributed by atoms with E-state index in [1.54, 1.807) is 0 Å². The quantitative estimate of drug-likeness (QED) is 0.827. The van der Waals surface area contributed by atoms with Crippen molar-refractivity contribution in [2.24, 2.45) is 0 Å². The largest absolute Gasteiger partial charge is 0.388 e. The highest BCUT2D eigenvalue weighted by molar-refractivity contribution is 5.25. The molecular formula is C15H16O. The van der Waals surface area contributed by atoms with Crippen LogP contribution in [-0.4, -0.2) is 5.11 Å². The first kappa shape index (κ1) is 10.9. The molecule has 2 rings (SSSR count). The van der Waals surface area contributed by atoms with Gasteiger partial charge < -0.3 is 5.11 Å². The molecule has 0 spiro atoms. The Labute approximate surface area is 96.4 Å². The van der Waals surface area contributed by atoms with Gasteiger partial charge in [-0.1, -0.05) is 60.2 Å². The molecule has 0 saturated heterocycles. The van der Waals surface area contributed by atoms with Crippen LogP contribution >= 0.6 is 0 Å². The monoisotopic (exact) mass is 212 g/mol. The SMILES string of the molecule is Cc1cccc(CC(O)c2ccccc2)c1. The Balaban J connectivity index is 2.11. The van der Waals surface area contributed by atoms with Crippen molar-refractivity contribution < 1.29 is 5.11 Å². The van der Waals surface area contributed by atoms with Crippen LogP contribution < -0.4 is 0 Å². The third-order valence-electron chi connectivity index (χ3n) is 2.70. The average molecular weight is 212 g/mol. The highest BCUT2D eigenvalue weighted by Crippen LogP contribution is 2.18. The van der Waals surface area contributed by atoms with Crippen LogP contribution in [0.1, 0.15) is 22.8 Å². The minimum absolute atomic E-state index is 0.414. The van der Waals surface area contributed by atoms with Crippen molar-refractivity contribution in [2.75, 3.05) is 0 Å². The Hall–Kier alpha value is -1.60. The highest BCUT2D eigenvalue weighted by Gasteiger charge is 2.07. The van der Waals surface area contributed by atoms with Crippen molar-refractivity contribution in [2.45, 2.75) is 19.4 Å². The summed E-state index contributed by atoms with van der Waals surface area (Å²) in [7, 11) is 0. The van der Waals surface area contributed by atoms with E-state index < -0.39 is 6.10 Å². The second-order valence-electron chi connectivity index (χ2n) is 4.12. The van der Waals surface area contributed by atoms with Gasteiger partial charge >= 0.3 is 0 Å². The maximum Gasteiger partial charge on any atom is 0.0830 e. The van der Waals surface area contributed by atoms with Gasteiger partial charge in [-0.3, -0.25) is 0 Å². The standard InChI is InChI=1S/C15H16O/c1-12-6-5-7-13(10-12)11-15(16)14-8-3-2-4-9-14/h2-10,15-16H,11H2,1H3. The Morgan fingerprint density at radius 1 is 1.00 bits per heavy atom. The lowest BCUT2D eigenvalue weighted by Crippen LogP contribution is -2.01. The number of hydrogen-bond donors (Lipinski definition) is 1. The fourth-order valence-electron chi connectivity index (χ4n) is 1.86. The van der Waals surface area contributed by atoms with E-state index in [0.717, 1.165) is 5.56 Å². The normalized spacial score (nSPS) is 12.4. The van der Waals surface area contributed by atoms with E-state index in [1.807, 2.05) is 36.4 Å². The van der Waals surface area contributed by atoms with Crippen molar-refractivity contribution in [1.82, 2.24) is 0 Å². The molecule has 0 saturated carbocycles. The molecular weight excluding hydrogens is 196 g/mol. The summed E-state index contributed by atoms with van der Waals surface area (Å²) < 4.78 is 0. The number of aliphatic hydroxyl groups excluding tert-OH is 1. The topological polar surface area (TPSA) is 20.2 Å². The third kappa shape index (κ3) is 2.71. The maximum atomic E-state index is 10.1. The molecule has 2 aromatic rings. The summed E-state index contributed by atoms with van der Waals surface area (Å²) in [5.41, 5.74) is 3.39. The first-order valence-corrected chi connectivity index (χ1v) is 5.54. The lowest BCUT2D eigenvalue weighted by Gasteiger charge is -2.11. The number of aryl methyl sites for hydroxylation is 1. The summed E-state index contributed by atoms with van der Waals surface area (Å²) in [6.07, 6.45) is 0.258. The smallest absolute Gasteiger partial charge is 0.0830 e. The summed E-state index contributed by atoms with van der Waals surface area (Å²) in [4.78, 5) is 0. The van der Waals surface area contributed by atoms with E-state index in [1.165, 1.54) is 11.1 Å². The zero-order chi connectivity index (χ0) is 11.4. The van der Waals surface area contributed by atoms with Crippen LogP contribution in [0.25, 0.3) is 0 Å². The molecule has 0 amide bonds. The molecule has 82 valence electrons. The van der Waals surface area contributed by atoms with E-state index in [9.17, 15) is 5.11 Å². The molecule has 0 fully saturated rings. The molecule has 16 heavy (non-hydrogen) atoms. The van der Waals surface area contributed by atoms with Crippen LogP contribution in [0.3, 0.4) is 0 Å². The van der Waals surface area contributed by atoms with Crippen molar-refractivity contribution in [3.63, 3.8) is 0 Å². The molecule has 1 atom stereocenters. The number of rotatable bonds is 3. The molecule has 0 aliphatic heterocycles. The highest BCUT2D eigenvalue weighted by atomic mass is 16.3. The summed E-state index contributed by atoms with van der Waals surface area (Å²) in [6, 6.07) is 18.1. The van der Waals surface area contributed by atoms with Crippen LogP contribution in [0.4, 0.5) is 0 Å². The fraction of sp³-hybridized carbons (Fsp3) is 0.200. The fourth-order valence-corrected chi connectivity index (χ4v) is 1.86. The minimum atomic E-state index is -0.414. The second-order valence-corrected chi connectivity index (χ2v) is 4.12. The summed E-state index contributed by atoms with van der Waals surface area (Å²) in [6.45, 7) is 2.07. The van der Waals surface area contributed by atoms with E-state index in [4.69, 9.17) is 0 Å². The van der Waals surface area contributed by atoms with E-state index in [0.29, 0.717) is 6.42 Å². The summed E-state index contributed by atoms with van der Waals surface area (Å²) in [5.74, 6) is 0. The molecule has 1 nitrogen and oxygen atoms in total. The number of aliphatic hydroxyl groups is 1. The molecule has 0 radical (unpaired) electrons. The predicted molar refractivity (Wildman–Crippen MR) is 66.3 cm³/mol. The van der Waals surface area contributed by atoms with Crippen molar-refractivity contribution in [3.05, 3.63) is 71.3 Å². The maximum absolute atomic E-state index is 10.1. The van der Waals surface area contributed by atoms with E-state index in [-0.39, 0.29) is 0 Å². The molecule has 1 unspecified atom stereocenters. The van der Waals surface area contributed by atoms with Gasteiger partial charge in [0.05, 0.1) is 6.10 Å². The molecule has 0 bridgehead atoms. The predicted octanol–water partition coefficient (Wildman–Crippen LogP) is 3.27. The van der Waals surface area contributed by atoms with E-state index >= 15 is 0 Å². The van der Waals surface area contributed by atoms with Gasteiger partial charge in [-0.15, -0.1) is 0 Å². The Morgan fingerprint density at radius 3 is 2.44 bits per heavy atom. The zero-order valence-electron chi connectivity index (χ0n) is 9.43. The minimum Gasteiger partial charge on any atom is -0.388 e. The van der Waals surface area contributed by atoms with Crippen molar-refractivity contribution >= 4 is 0 Å². The van der Waals surface area contributed by atoms with Gasteiger partial charge in [-0.2, -0.15) is 0 Å². The molecule has 0 aliphatic rings. The lowest BCUT2D eigenvalue weighted by molar-refractivity contribution is 0.178. The Bertz CT molecular complexity index is 448. The van der Waals surface area contributed by atoms with Crippen LogP contribution in [0.15, 0.2) is 54.6 Å². The van der Waals surface area contributed by atoms with Crippen molar-refractivity contribution in [1.29, 1.82) is 0 Å². The van der Waals surface area contributed by atoms with Gasteiger partial charge in [0.2, 0.25) is 0 Å². The van der Waals surface area contributed by atoms with Crippen LogP contribution in [0.5, 0.6) is 0 Å². The number of hydrogen-bond acceptors (Lipinski definition) is 1. The molecule has 2 aromatic carbocycles. The first-order valence-electron chi connectivity index (χ1n) is 5.54. The summed E-state index contributed by atoms with van der Waals surface area (Å²) in [5, 5.41) is 10.1. The van der Waals surface area contributed by atoms with Gasteiger partial charge in [0, 0.05) is 6.42 Å². The molecule has 0 heterocycles. The van der Waals surface area contributed by atoms with Crippen molar-refractivity contribution in [3.8, 4) is 0 Å². The zero-order valence-corrected chi connectivity index (χ0v) is 9.43. The molecule has 1 N–H and O–H groups in total. The van der Waals surface area contributed by atoms with Gasteiger partial charge in [0.1, 0.15) is 0 Å². The molecule has 0 aromatic heterocycles. The van der Waals surface area contributed by atoms with Crippen LogP contribution in [-0.2, 0) is 6.42 Å². The van der Waals surface area contributed by atoms with Gasteiger partial charge in [0.15, 0.2) is 0 Å². The van der Waals surface area contributed by atoms with Gasteiger partial charge in [-0.25, -0.2) is 0 Å². The van der Waals surface area contributed by atoms with Gasteiger partial charge in [0.25, 0.3) is 0 Å². The Morgan fingerprint density at radius 2 is 1.75 bits per heavy atom. The third-order valence-corrected chi connectivity index (χ3v) is 2.70. The first-order chi connectivity index (χ1) is 7.75. The van der Waals surface area contributed by atoms with Crippen LogP contribution in [0, 0.1) is 6.92 Å². The Kier molecular flexibility index (Phi) is 3.37. The average Bonchev–Trinajstić information content (AvgIpc) is 2.30. The second kappa shape index (κ2) is 4.95. The summed E-state index contributed by atoms with van der Waals surface area (Å²) >= 11 is 0. The lowest BCUT2D eigenvalue weighted by atomic mass is 10.0. The van der Waals surface area contributed by atoms with Crippen LogP contribution in [0.2, 0.25) is 0 Å². The number of benzene rings is 2. The molecule has 0 aliphatic carbocycles. The van der Waals surface area contributed by atoms with E-state index in [2.05, 4.69) is 25.1 Å². The molecule has 1 heteroatoms. The van der Waals surface area contributed by atoms with Gasteiger partial charge in [-0.05, 0) is 18.1 Å².